The Kier molecular flexibility index (Phi) is 2.21. The molecule has 6 heteroatoms. The van der Waals surface area contributed by atoms with E-state index in [1.807, 2.05) is 0 Å². The summed E-state index contributed by atoms with van der Waals surface area (Å²) in [5.74, 6) is -0.122. The summed E-state index contributed by atoms with van der Waals surface area (Å²) in [7, 11) is 0. The summed E-state index contributed by atoms with van der Waals surface area (Å²) >= 11 is 0. The number of hydrogen-bond donors (Lipinski definition) is 1. The SMILES string of the molecule is O=C1CC(c2cccc([B-](F)(F)F)c2)N1. The van der Waals surface area contributed by atoms with E-state index < -0.39 is 12.4 Å². The van der Waals surface area contributed by atoms with Crippen LogP contribution in [0.5, 0.6) is 0 Å². The summed E-state index contributed by atoms with van der Waals surface area (Å²) in [6.45, 7) is -4.96. The second-order valence-electron chi connectivity index (χ2n) is 3.57. The summed E-state index contributed by atoms with van der Waals surface area (Å²) in [5.41, 5.74) is -0.0973. The molecule has 1 fully saturated rings. The highest BCUT2D eigenvalue weighted by atomic mass is 19.4. The first-order valence-corrected chi connectivity index (χ1v) is 4.56. The molecule has 1 heterocycles. The molecule has 0 spiro atoms. The van der Waals surface area contributed by atoms with Crippen molar-refractivity contribution in [1.29, 1.82) is 0 Å². The van der Waals surface area contributed by atoms with Crippen molar-refractivity contribution in [3.05, 3.63) is 29.8 Å². The van der Waals surface area contributed by atoms with Gasteiger partial charge in [0.1, 0.15) is 0 Å². The van der Waals surface area contributed by atoms with Crippen molar-refractivity contribution < 1.29 is 17.7 Å². The highest BCUT2D eigenvalue weighted by Crippen LogP contribution is 2.23. The molecule has 0 bridgehead atoms. The molecule has 1 aliphatic heterocycles. The first-order valence-electron chi connectivity index (χ1n) is 4.56. The second kappa shape index (κ2) is 3.29. The lowest BCUT2D eigenvalue weighted by atomic mass is 9.78. The average molecular weight is 214 g/mol. The van der Waals surface area contributed by atoms with Gasteiger partial charge in [0.05, 0.1) is 12.5 Å². The summed E-state index contributed by atoms with van der Waals surface area (Å²) in [6, 6.07) is 4.85. The Morgan fingerprint density at radius 1 is 1.33 bits per heavy atom. The van der Waals surface area contributed by atoms with Gasteiger partial charge in [-0.15, -0.1) is 5.46 Å². The number of β-lactam (4-membered cyclic amide) rings is 1. The van der Waals surface area contributed by atoms with Crippen LogP contribution in [-0.2, 0) is 4.79 Å². The van der Waals surface area contributed by atoms with Gasteiger partial charge in [0, 0.05) is 0 Å². The first-order chi connectivity index (χ1) is 6.97. The lowest BCUT2D eigenvalue weighted by molar-refractivity contribution is -0.128. The molecule has 80 valence electrons. The normalized spacial score (nSPS) is 20.7. The highest BCUT2D eigenvalue weighted by Gasteiger charge is 2.29. The van der Waals surface area contributed by atoms with E-state index in [9.17, 15) is 17.7 Å². The van der Waals surface area contributed by atoms with Gasteiger partial charge in [0.25, 0.3) is 0 Å². The fourth-order valence-electron chi connectivity index (χ4n) is 1.54. The van der Waals surface area contributed by atoms with Gasteiger partial charge in [-0.1, -0.05) is 24.3 Å². The Hall–Kier alpha value is -1.46. The molecule has 1 unspecified atom stereocenters. The van der Waals surface area contributed by atoms with Crippen LogP contribution >= 0.6 is 0 Å². The van der Waals surface area contributed by atoms with Gasteiger partial charge < -0.3 is 18.3 Å². The van der Waals surface area contributed by atoms with Crippen molar-refractivity contribution in [3.8, 4) is 0 Å². The van der Waals surface area contributed by atoms with Crippen LogP contribution in [0.25, 0.3) is 0 Å². The van der Waals surface area contributed by atoms with Gasteiger partial charge in [-0.05, 0) is 5.56 Å². The Morgan fingerprint density at radius 3 is 2.53 bits per heavy atom. The number of carbonyl (C=O) groups is 1. The Labute approximate surface area is 84.5 Å². The van der Waals surface area contributed by atoms with E-state index in [0.29, 0.717) is 5.56 Å². The minimum atomic E-state index is -4.96. The van der Waals surface area contributed by atoms with Crippen molar-refractivity contribution in [1.82, 2.24) is 5.32 Å². The third-order valence-electron chi connectivity index (χ3n) is 2.42. The highest BCUT2D eigenvalue weighted by molar-refractivity contribution is 6.73. The van der Waals surface area contributed by atoms with E-state index in [1.54, 1.807) is 6.07 Å². The number of rotatable bonds is 2. The van der Waals surface area contributed by atoms with Gasteiger partial charge >= 0.3 is 6.98 Å². The molecule has 0 aromatic heterocycles. The first kappa shape index (κ1) is 10.1. The van der Waals surface area contributed by atoms with Gasteiger partial charge in [-0.25, -0.2) is 0 Å². The number of halogens is 3. The van der Waals surface area contributed by atoms with E-state index in [-0.39, 0.29) is 18.4 Å². The van der Waals surface area contributed by atoms with Gasteiger partial charge in [-0.2, -0.15) is 0 Å². The number of hydrogen-bond acceptors (Lipinski definition) is 1. The molecule has 0 radical (unpaired) electrons. The van der Waals surface area contributed by atoms with E-state index in [0.717, 1.165) is 12.1 Å². The molecule has 15 heavy (non-hydrogen) atoms. The quantitative estimate of drug-likeness (QED) is 0.583. The Balaban J connectivity index is 2.23. The predicted molar refractivity (Wildman–Crippen MR) is 50.7 cm³/mol. The molecule has 1 saturated heterocycles. The smallest absolute Gasteiger partial charge is 0.445 e. The summed E-state index contributed by atoms with van der Waals surface area (Å²) in [6.07, 6.45) is 0.272. The van der Waals surface area contributed by atoms with E-state index in [2.05, 4.69) is 5.32 Å². The van der Waals surface area contributed by atoms with Crippen molar-refractivity contribution >= 4 is 18.3 Å². The Morgan fingerprint density at radius 2 is 2.00 bits per heavy atom. The largest absolute Gasteiger partial charge is 0.509 e. The molecule has 1 N–H and O–H groups in total. The van der Waals surface area contributed by atoms with Crippen LogP contribution in [0.15, 0.2) is 24.3 Å². The maximum absolute atomic E-state index is 12.4. The third-order valence-corrected chi connectivity index (χ3v) is 2.42. The van der Waals surface area contributed by atoms with Crippen LogP contribution in [0.1, 0.15) is 18.0 Å². The number of amides is 1. The third kappa shape index (κ3) is 1.98. The summed E-state index contributed by atoms with van der Waals surface area (Å²) in [5, 5.41) is 2.54. The summed E-state index contributed by atoms with van der Waals surface area (Å²) < 4.78 is 37.2. The minimum Gasteiger partial charge on any atom is -0.445 e. The number of carbonyl (C=O) groups excluding carboxylic acids is 1. The molecule has 1 amide bonds. The number of benzene rings is 1. The fraction of sp³-hybridized carbons (Fsp3) is 0.222. The second-order valence-corrected chi connectivity index (χ2v) is 3.57. The lowest BCUT2D eigenvalue weighted by Crippen LogP contribution is -2.42. The van der Waals surface area contributed by atoms with Crippen LogP contribution in [-0.4, -0.2) is 12.9 Å². The van der Waals surface area contributed by atoms with Crippen molar-refractivity contribution in [2.24, 2.45) is 0 Å². The molecule has 2 rings (SSSR count). The molecular weight excluding hydrogens is 206 g/mol. The predicted octanol–water partition coefficient (Wildman–Crippen LogP) is 1.30. The molecular formula is C9H8BF3NO-. The van der Waals surface area contributed by atoms with Crippen molar-refractivity contribution in [2.75, 3.05) is 0 Å². The van der Waals surface area contributed by atoms with Crippen LogP contribution in [0, 0.1) is 0 Å². The van der Waals surface area contributed by atoms with Crippen LogP contribution in [0.4, 0.5) is 12.9 Å². The van der Waals surface area contributed by atoms with Crippen LogP contribution in [0.3, 0.4) is 0 Å². The Bertz CT molecular complexity index is 397. The number of nitrogens with one attached hydrogen (secondary N) is 1. The molecule has 2 nitrogen and oxygen atoms in total. The molecule has 1 aromatic rings. The van der Waals surface area contributed by atoms with E-state index in [1.165, 1.54) is 6.07 Å². The molecule has 0 saturated carbocycles. The van der Waals surface area contributed by atoms with Crippen molar-refractivity contribution in [2.45, 2.75) is 12.5 Å². The fourth-order valence-corrected chi connectivity index (χ4v) is 1.54. The maximum Gasteiger partial charge on any atom is 0.509 e. The molecule has 1 aliphatic rings. The van der Waals surface area contributed by atoms with Crippen LogP contribution in [0.2, 0.25) is 0 Å². The average Bonchev–Trinajstić information content (AvgIpc) is 2.12. The molecule has 1 atom stereocenters. The van der Waals surface area contributed by atoms with Crippen LogP contribution < -0.4 is 10.8 Å². The zero-order valence-corrected chi connectivity index (χ0v) is 7.71. The van der Waals surface area contributed by atoms with E-state index in [4.69, 9.17) is 0 Å². The standard InChI is InChI=1S/C9H8BF3NO/c11-10(12,13)7-3-1-2-6(4-7)8-5-9(15)14-8/h1-4,8H,5H2,(H,14,15)/q-1. The molecule has 0 aliphatic carbocycles. The van der Waals surface area contributed by atoms with Gasteiger partial charge in [0.15, 0.2) is 0 Å². The molecule has 1 aromatic carbocycles. The van der Waals surface area contributed by atoms with E-state index >= 15 is 0 Å². The zero-order chi connectivity index (χ0) is 11.1. The topological polar surface area (TPSA) is 29.1 Å². The maximum atomic E-state index is 12.4. The minimum absolute atomic E-state index is 0.122. The van der Waals surface area contributed by atoms with Gasteiger partial charge in [0.2, 0.25) is 5.91 Å². The monoisotopic (exact) mass is 214 g/mol. The van der Waals surface area contributed by atoms with Gasteiger partial charge in [-0.3, -0.25) is 4.79 Å². The lowest BCUT2D eigenvalue weighted by Gasteiger charge is -2.28. The zero-order valence-electron chi connectivity index (χ0n) is 7.71. The summed E-state index contributed by atoms with van der Waals surface area (Å²) in [4.78, 5) is 10.6. The van der Waals surface area contributed by atoms with Crippen molar-refractivity contribution in [3.63, 3.8) is 0 Å².